The molecule has 0 aliphatic carbocycles. The number of anilines is 1. The molecule has 0 unspecified atom stereocenters. The normalized spacial score (nSPS) is 14.5. The molecule has 0 saturated carbocycles. The molecule has 1 amide bonds. The van der Waals surface area contributed by atoms with Gasteiger partial charge in [0.15, 0.2) is 9.84 Å². The van der Waals surface area contributed by atoms with Crippen LogP contribution >= 0.6 is 0 Å². The molecule has 0 saturated heterocycles. The first kappa shape index (κ1) is 25.7. The average molecular weight is 493 g/mol. The topological polar surface area (TPSA) is 101 Å². The quantitative estimate of drug-likeness (QED) is 0.640. The van der Waals surface area contributed by atoms with Crippen LogP contribution in [0.4, 0.5) is 18.9 Å². The number of hydrogen-bond donors (Lipinski definition) is 1. The van der Waals surface area contributed by atoms with Crippen molar-refractivity contribution in [3.63, 3.8) is 0 Å². The van der Waals surface area contributed by atoms with Crippen molar-refractivity contribution >= 4 is 31.5 Å². The van der Waals surface area contributed by atoms with E-state index in [1.165, 1.54) is 37.3 Å². The van der Waals surface area contributed by atoms with Crippen molar-refractivity contribution < 1.29 is 34.8 Å². The molecule has 0 aromatic heterocycles. The predicted octanol–water partition coefficient (Wildman–Crippen LogP) is 3.14. The molecule has 2 aromatic rings. The molecule has 0 fully saturated rings. The standard InChI is InChI=1S/C20H23F3N2O5S2/c1-13(15-8-10-18(11-9-15)31(3,27)28)24-19(26)14(2)25(32(4,29)30)17-7-5-6-16(12-17)20(21,22)23/h5-14H,1-4H3,(H,24,26)/t13-,14+/m0/s1. The van der Waals surface area contributed by atoms with Gasteiger partial charge < -0.3 is 5.32 Å². The smallest absolute Gasteiger partial charge is 0.348 e. The van der Waals surface area contributed by atoms with E-state index < -0.39 is 49.6 Å². The summed E-state index contributed by atoms with van der Waals surface area (Å²) in [5.41, 5.74) is -0.784. The molecular formula is C20H23F3N2O5S2. The molecule has 12 heteroatoms. The maximum Gasteiger partial charge on any atom is 0.416 e. The lowest BCUT2D eigenvalue weighted by atomic mass is 10.1. The zero-order valence-corrected chi connectivity index (χ0v) is 19.3. The van der Waals surface area contributed by atoms with Crippen LogP contribution in [-0.2, 0) is 30.8 Å². The highest BCUT2D eigenvalue weighted by molar-refractivity contribution is 7.92. The highest BCUT2D eigenvalue weighted by atomic mass is 32.2. The second-order valence-corrected chi connectivity index (χ2v) is 11.2. The number of sulfone groups is 1. The van der Waals surface area contributed by atoms with Gasteiger partial charge in [0.2, 0.25) is 15.9 Å². The summed E-state index contributed by atoms with van der Waals surface area (Å²) in [6.07, 6.45) is -2.83. The van der Waals surface area contributed by atoms with Crippen LogP contribution in [0.5, 0.6) is 0 Å². The van der Waals surface area contributed by atoms with E-state index in [9.17, 15) is 34.8 Å². The Hall–Kier alpha value is -2.60. The Morgan fingerprint density at radius 2 is 1.53 bits per heavy atom. The summed E-state index contributed by atoms with van der Waals surface area (Å²) in [7, 11) is -7.50. The van der Waals surface area contributed by atoms with Gasteiger partial charge in [-0.1, -0.05) is 18.2 Å². The number of nitrogens with one attached hydrogen (secondary N) is 1. The van der Waals surface area contributed by atoms with E-state index in [4.69, 9.17) is 0 Å². The fourth-order valence-corrected chi connectivity index (χ4v) is 4.85. The SMILES string of the molecule is C[C@H](NC(=O)[C@@H](C)N(c1cccc(C(F)(F)F)c1)S(C)(=O)=O)c1ccc(S(C)(=O)=O)cc1. The van der Waals surface area contributed by atoms with E-state index in [1.54, 1.807) is 6.92 Å². The van der Waals surface area contributed by atoms with Gasteiger partial charge in [0.25, 0.3) is 0 Å². The largest absolute Gasteiger partial charge is 0.416 e. The number of sulfonamides is 1. The molecule has 0 radical (unpaired) electrons. The Morgan fingerprint density at radius 3 is 2.00 bits per heavy atom. The summed E-state index contributed by atoms with van der Waals surface area (Å²) in [6, 6.07) is 7.49. The Kier molecular flexibility index (Phi) is 7.30. The van der Waals surface area contributed by atoms with E-state index in [1.807, 2.05) is 0 Å². The van der Waals surface area contributed by atoms with Crippen LogP contribution in [0.15, 0.2) is 53.4 Å². The van der Waals surface area contributed by atoms with Gasteiger partial charge in [-0.3, -0.25) is 9.10 Å². The van der Waals surface area contributed by atoms with Crippen LogP contribution in [0.1, 0.15) is 31.0 Å². The van der Waals surface area contributed by atoms with E-state index in [-0.39, 0.29) is 10.6 Å². The van der Waals surface area contributed by atoms with Gasteiger partial charge in [0.05, 0.1) is 28.4 Å². The number of hydrogen-bond acceptors (Lipinski definition) is 5. The zero-order valence-electron chi connectivity index (χ0n) is 17.7. The van der Waals surface area contributed by atoms with Gasteiger partial charge in [0, 0.05) is 6.26 Å². The van der Waals surface area contributed by atoms with Crippen LogP contribution < -0.4 is 9.62 Å². The van der Waals surface area contributed by atoms with Crippen LogP contribution in [0, 0.1) is 0 Å². The number of rotatable bonds is 7. The van der Waals surface area contributed by atoms with Crippen molar-refractivity contribution in [2.75, 3.05) is 16.8 Å². The van der Waals surface area contributed by atoms with E-state index >= 15 is 0 Å². The number of halogens is 3. The Balaban J connectivity index is 2.29. The first-order chi connectivity index (χ1) is 14.5. The Morgan fingerprint density at radius 1 is 0.969 bits per heavy atom. The van der Waals surface area contributed by atoms with Crippen molar-refractivity contribution in [3.05, 3.63) is 59.7 Å². The Labute approximate surface area is 185 Å². The molecule has 0 aliphatic heterocycles. The minimum atomic E-state index is -4.68. The molecule has 7 nitrogen and oxygen atoms in total. The number of carbonyl (C=O) groups is 1. The van der Waals surface area contributed by atoms with Gasteiger partial charge >= 0.3 is 6.18 Å². The van der Waals surface area contributed by atoms with Gasteiger partial charge in [-0.05, 0) is 49.7 Å². The molecule has 2 rings (SSSR count). The van der Waals surface area contributed by atoms with Gasteiger partial charge in [-0.2, -0.15) is 13.2 Å². The molecule has 176 valence electrons. The lowest BCUT2D eigenvalue weighted by Gasteiger charge is -2.29. The molecule has 0 heterocycles. The monoisotopic (exact) mass is 492 g/mol. The van der Waals surface area contributed by atoms with E-state index in [0.717, 1.165) is 24.6 Å². The van der Waals surface area contributed by atoms with Crippen molar-refractivity contribution in [1.82, 2.24) is 5.32 Å². The summed E-state index contributed by atoms with van der Waals surface area (Å²) < 4.78 is 87.6. The van der Waals surface area contributed by atoms with Crippen molar-refractivity contribution in [2.45, 2.75) is 37.0 Å². The number of carbonyl (C=O) groups excluding carboxylic acids is 1. The number of alkyl halides is 3. The second kappa shape index (κ2) is 9.10. The van der Waals surface area contributed by atoms with E-state index in [0.29, 0.717) is 15.9 Å². The van der Waals surface area contributed by atoms with Crippen LogP contribution in [-0.4, -0.2) is 41.3 Å². The molecular weight excluding hydrogens is 469 g/mol. The minimum Gasteiger partial charge on any atom is -0.348 e. The summed E-state index contributed by atoms with van der Waals surface area (Å²) in [4.78, 5) is 12.9. The fraction of sp³-hybridized carbons (Fsp3) is 0.350. The summed E-state index contributed by atoms with van der Waals surface area (Å²) in [5, 5.41) is 2.60. The second-order valence-electron chi connectivity index (χ2n) is 7.35. The van der Waals surface area contributed by atoms with Gasteiger partial charge in [-0.15, -0.1) is 0 Å². The molecule has 1 N–H and O–H groups in total. The third-order valence-corrected chi connectivity index (χ3v) is 7.05. The van der Waals surface area contributed by atoms with Crippen LogP contribution in [0.2, 0.25) is 0 Å². The summed E-state index contributed by atoms with van der Waals surface area (Å²) in [5.74, 6) is -0.743. The predicted molar refractivity (Wildman–Crippen MR) is 114 cm³/mol. The van der Waals surface area contributed by atoms with Gasteiger partial charge in [-0.25, -0.2) is 16.8 Å². The maximum absolute atomic E-state index is 13.1. The third kappa shape index (κ3) is 6.22. The van der Waals surface area contributed by atoms with Gasteiger partial charge in [0.1, 0.15) is 6.04 Å². The first-order valence-corrected chi connectivity index (χ1v) is 13.0. The summed E-state index contributed by atoms with van der Waals surface area (Å²) >= 11 is 0. The molecule has 2 aromatic carbocycles. The van der Waals surface area contributed by atoms with Crippen LogP contribution in [0.25, 0.3) is 0 Å². The minimum absolute atomic E-state index is 0.0981. The number of benzene rings is 2. The zero-order chi connectivity index (χ0) is 24.5. The lowest BCUT2D eigenvalue weighted by Crippen LogP contribution is -2.48. The van der Waals surface area contributed by atoms with Crippen molar-refractivity contribution in [2.24, 2.45) is 0 Å². The first-order valence-electron chi connectivity index (χ1n) is 9.29. The van der Waals surface area contributed by atoms with Crippen molar-refractivity contribution in [1.29, 1.82) is 0 Å². The molecule has 2 atom stereocenters. The molecule has 0 aliphatic rings. The maximum atomic E-state index is 13.1. The summed E-state index contributed by atoms with van der Waals surface area (Å²) in [6.45, 7) is 2.87. The average Bonchev–Trinajstić information content (AvgIpc) is 2.66. The molecule has 0 bridgehead atoms. The van der Waals surface area contributed by atoms with E-state index in [2.05, 4.69) is 5.32 Å². The third-order valence-electron chi connectivity index (χ3n) is 4.68. The number of amides is 1. The Bertz CT molecular complexity index is 1190. The van der Waals surface area contributed by atoms with Crippen LogP contribution in [0.3, 0.4) is 0 Å². The highest BCUT2D eigenvalue weighted by Gasteiger charge is 2.34. The van der Waals surface area contributed by atoms with Crippen molar-refractivity contribution in [3.8, 4) is 0 Å². The lowest BCUT2D eigenvalue weighted by molar-refractivity contribution is -0.137. The number of nitrogens with zero attached hydrogens (tertiary/aromatic N) is 1. The molecule has 32 heavy (non-hydrogen) atoms. The fourth-order valence-electron chi connectivity index (χ4n) is 3.05. The molecule has 0 spiro atoms. The highest BCUT2D eigenvalue weighted by Crippen LogP contribution is 2.33.